The molecular formula is C17H17FN4O2S. The molecule has 8 heteroatoms. The van der Waals surface area contributed by atoms with Gasteiger partial charge in [0, 0.05) is 6.54 Å². The summed E-state index contributed by atoms with van der Waals surface area (Å²) in [6, 6.07) is 9.95. The minimum absolute atomic E-state index is 0.0836. The van der Waals surface area contributed by atoms with Gasteiger partial charge in [0.1, 0.15) is 17.9 Å². The van der Waals surface area contributed by atoms with Gasteiger partial charge >= 0.3 is 0 Å². The van der Waals surface area contributed by atoms with Crippen LogP contribution in [0.3, 0.4) is 0 Å². The second-order valence-corrected chi connectivity index (χ2v) is 6.28. The zero-order chi connectivity index (χ0) is 17.5. The van der Waals surface area contributed by atoms with E-state index in [0.29, 0.717) is 24.7 Å². The van der Waals surface area contributed by atoms with Crippen LogP contribution < -0.4 is 5.32 Å². The number of furan rings is 1. The highest BCUT2D eigenvalue weighted by Crippen LogP contribution is 2.16. The van der Waals surface area contributed by atoms with Crippen LogP contribution in [0.15, 0.2) is 58.6 Å². The maximum absolute atomic E-state index is 12.8. The highest BCUT2D eigenvalue weighted by atomic mass is 32.2. The predicted octanol–water partition coefficient (Wildman–Crippen LogP) is 2.51. The van der Waals surface area contributed by atoms with Crippen LogP contribution in [0.2, 0.25) is 0 Å². The van der Waals surface area contributed by atoms with Crippen LogP contribution in [0.4, 0.5) is 4.39 Å². The van der Waals surface area contributed by atoms with Gasteiger partial charge in [-0.3, -0.25) is 4.79 Å². The van der Waals surface area contributed by atoms with Gasteiger partial charge in [-0.1, -0.05) is 23.9 Å². The van der Waals surface area contributed by atoms with E-state index in [-0.39, 0.29) is 17.5 Å². The van der Waals surface area contributed by atoms with Crippen LogP contribution in [0.1, 0.15) is 11.3 Å². The summed E-state index contributed by atoms with van der Waals surface area (Å²) in [6.45, 7) is 1.03. The van der Waals surface area contributed by atoms with Crippen LogP contribution in [-0.4, -0.2) is 33.0 Å². The van der Waals surface area contributed by atoms with E-state index in [2.05, 4.69) is 15.5 Å². The van der Waals surface area contributed by atoms with Crippen molar-refractivity contribution < 1.29 is 13.6 Å². The molecular weight excluding hydrogens is 343 g/mol. The second-order valence-electron chi connectivity index (χ2n) is 5.34. The lowest BCUT2D eigenvalue weighted by atomic mass is 10.1. The number of benzene rings is 1. The zero-order valence-corrected chi connectivity index (χ0v) is 14.2. The minimum atomic E-state index is -0.261. The summed E-state index contributed by atoms with van der Waals surface area (Å²) in [5.74, 6) is 0.702. The molecule has 0 aliphatic heterocycles. The molecule has 0 fully saturated rings. The van der Waals surface area contributed by atoms with Gasteiger partial charge in [-0.25, -0.2) is 4.39 Å². The van der Waals surface area contributed by atoms with Crippen molar-refractivity contribution in [1.82, 2.24) is 20.1 Å². The SMILES string of the molecule is O=C(CSc1nncn1Cc1ccco1)NCCc1ccc(F)cc1. The van der Waals surface area contributed by atoms with E-state index in [1.165, 1.54) is 23.9 Å². The topological polar surface area (TPSA) is 73.0 Å². The van der Waals surface area contributed by atoms with Crippen molar-refractivity contribution in [2.24, 2.45) is 0 Å². The zero-order valence-electron chi connectivity index (χ0n) is 13.4. The van der Waals surface area contributed by atoms with E-state index in [9.17, 15) is 9.18 Å². The number of hydrogen-bond acceptors (Lipinski definition) is 5. The summed E-state index contributed by atoms with van der Waals surface area (Å²) in [5, 5.41) is 11.4. The number of halogens is 1. The van der Waals surface area contributed by atoms with Crippen molar-refractivity contribution in [3.8, 4) is 0 Å². The van der Waals surface area contributed by atoms with Crippen molar-refractivity contribution in [2.45, 2.75) is 18.1 Å². The van der Waals surface area contributed by atoms with E-state index in [1.54, 1.807) is 24.7 Å². The molecule has 3 rings (SSSR count). The number of hydrogen-bond donors (Lipinski definition) is 1. The molecule has 6 nitrogen and oxygen atoms in total. The van der Waals surface area contributed by atoms with Gasteiger partial charge in [-0.15, -0.1) is 10.2 Å². The highest BCUT2D eigenvalue weighted by molar-refractivity contribution is 7.99. The quantitative estimate of drug-likeness (QED) is 0.625. The highest BCUT2D eigenvalue weighted by Gasteiger charge is 2.10. The molecule has 0 bridgehead atoms. The fourth-order valence-electron chi connectivity index (χ4n) is 2.21. The van der Waals surface area contributed by atoms with E-state index < -0.39 is 0 Å². The Morgan fingerprint density at radius 2 is 2.12 bits per heavy atom. The molecule has 0 spiro atoms. The fraction of sp³-hybridized carbons (Fsp3) is 0.235. The van der Waals surface area contributed by atoms with Gasteiger partial charge in [0.25, 0.3) is 0 Å². The van der Waals surface area contributed by atoms with Crippen LogP contribution in [0.25, 0.3) is 0 Å². The van der Waals surface area contributed by atoms with Crippen LogP contribution in [0, 0.1) is 5.82 Å². The average molecular weight is 360 g/mol. The Balaban J connectivity index is 1.42. The number of carbonyl (C=O) groups excluding carboxylic acids is 1. The molecule has 0 saturated heterocycles. The number of aromatic nitrogens is 3. The van der Waals surface area contributed by atoms with Crippen molar-refractivity contribution >= 4 is 17.7 Å². The average Bonchev–Trinajstić information content (AvgIpc) is 3.27. The van der Waals surface area contributed by atoms with E-state index in [0.717, 1.165) is 11.3 Å². The molecule has 1 N–H and O–H groups in total. The second kappa shape index (κ2) is 8.48. The van der Waals surface area contributed by atoms with E-state index >= 15 is 0 Å². The molecule has 25 heavy (non-hydrogen) atoms. The number of amides is 1. The van der Waals surface area contributed by atoms with Crippen molar-refractivity contribution in [3.63, 3.8) is 0 Å². The smallest absolute Gasteiger partial charge is 0.230 e. The summed E-state index contributed by atoms with van der Waals surface area (Å²) >= 11 is 1.32. The molecule has 2 heterocycles. The summed E-state index contributed by atoms with van der Waals surface area (Å²) in [7, 11) is 0. The van der Waals surface area contributed by atoms with Crippen molar-refractivity contribution in [2.75, 3.05) is 12.3 Å². The van der Waals surface area contributed by atoms with Crippen molar-refractivity contribution in [1.29, 1.82) is 0 Å². The lowest BCUT2D eigenvalue weighted by molar-refractivity contribution is -0.118. The van der Waals surface area contributed by atoms with Gasteiger partial charge in [0.15, 0.2) is 5.16 Å². The van der Waals surface area contributed by atoms with Crippen LogP contribution in [-0.2, 0) is 17.8 Å². The third-order valence-electron chi connectivity index (χ3n) is 3.47. The van der Waals surface area contributed by atoms with Gasteiger partial charge in [-0.05, 0) is 36.2 Å². The molecule has 2 aromatic heterocycles. The number of nitrogens with one attached hydrogen (secondary N) is 1. The number of carbonyl (C=O) groups is 1. The first-order valence-corrected chi connectivity index (χ1v) is 8.73. The molecule has 3 aromatic rings. The predicted molar refractivity (Wildman–Crippen MR) is 91.7 cm³/mol. The van der Waals surface area contributed by atoms with E-state index in [4.69, 9.17) is 4.42 Å². The molecule has 1 amide bonds. The molecule has 0 aliphatic rings. The Kier molecular flexibility index (Phi) is 5.84. The number of thioether (sulfide) groups is 1. The van der Waals surface area contributed by atoms with Gasteiger partial charge in [0.2, 0.25) is 5.91 Å². The Morgan fingerprint density at radius 1 is 1.28 bits per heavy atom. The van der Waals surface area contributed by atoms with Crippen LogP contribution in [0.5, 0.6) is 0 Å². The fourth-order valence-corrected chi connectivity index (χ4v) is 2.96. The molecule has 0 atom stereocenters. The molecule has 0 unspecified atom stereocenters. The lowest BCUT2D eigenvalue weighted by Gasteiger charge is -2.06. The molecule has 0 saturated carbocycles. The van der Waals surface area contributed by atoms with Gasteiger partial charge in [-0.2, -0.15) is 0 Å². The molecule has 130 valence electrons. The first-order valence-electron chi connectivity index (χ1n) is 7.75. The molecule has 1 aromatic carbocycles. The normalized spacial score (nSPS) is 10.8. The Bertz CT molecular complexity index is 802. The molecule has 0 radical (unpaired) electrons. The monoisotopic (exact) mass is 360 g/mol. The number of rotatable bonds is 8. The maximum Gasteiger partial charge on any atom is 0.230 e. The molecule has 0 aliphatic carbocycles. The van der Waals surface area contributed by atoms with Gasteiger partial charge < -0.3 is 14.3 Å². The maximum atomic E-state index is 12.8. The standard InChI is InChI=1S/C17H17FN4O2S/c18-14-5-3-13(4-6-14)7-8-19-16(23)11-25-17-21-20-12-22(17)10-15-2-1-9-24-15/h1-6,9,12H,7-8,10-11H2,(H,19,23). The summed E-state index contributed by atoms with van der Waals surface area (Å²) < 4.78 is 20.0. The summed E-state index contributed by atoms with van der Waals surface area (Å²) in [4.78, 5) is 11.9. The Morgan fingerprint density at radius 3 is 2.88 bits per heavy atom. The summed E-state index contributed by atoms with van der Waals surface area (Å²) in [6.07, 6.45) is 3.88. The lowest BCUT2D eigenvalue weighted by Crippen LogP contribution is -2.27. The van der Waals surface area contributed by atoms with Crippen LogP contribution >= 0.6 is 11.8 Å². The Labute approximate surface area is 148 Å². The van der Waals surface area contributed by atoms with E-state index in [1.807, 2.05) is 16.7 Å². The van der Waals surface area contributed by atoms with Gasteiger partial charge in [0.05, 0.1) is 18.6 Å². The Hall–Kier alpha value is -2.61. The minimum Gasteiger partial charge on any atom is -0.467 e. The third-order valence-corrected chi connectivity index (χ3v) is 4.45. The first-order chi connectivity index (χ1) is 12.2. The van der Waals surface area contributed by atoms with Crippen molar-refractivity contribution in [3.05, 3.63) is 66.1 Å². The first kappa shape index (κ1) is 17.2. The largest absolute Gasteiger partial charge is 0.467 e. The number of nitrogens with zero attached hydrogens (tertiary/aromatic N) is 3. The summed E-state index contributed by atoms with van der Waals surface area (Å²) in [5.41, 5.74) is 0.979. The third kappa shape index (κ3) is 5.18.